The van der Waals surface area contributed by atoms with Crippen LogP contribution < -0.4 is 10.2 Å². The summed E-state index contributed by atoms with van der Waals surface area (Å²) in [5.41, 5.74) is 2.48. The molecule has 2 rings (SSSR count). The predicted molar refractivity (Wildman–Crippen MR) is 73.0 cm³/mol. The minimum Gasteiger partial charge on any atom is -0.394 e. The van der Waals surface area contributed by atoms with Gasteiger partial charge in [0.05, 0.1) is 19.3 Å². The molecule has 4 nitrogen and oxygen atoms in total. The lowest BCUT2D eigenvalue weighted by Gasteiger charge is -2.33. The van der Waals surface area contributed by atoms with Crippen LogP contribution in [0.4, 0.5) is 5.69 Å². The molecule has 1 aliphatic heterocycles. The molecule has 0 saturated carbocycles. The summed E-state index contributed by atoms with van der Waals surface area (Å²) in [5.74, 6) is 0. The van der Waals surface area contributed by atoms with E-state index < -0.39 is 0 Å². The second-order valence-electron chi connectivity index (χ2n) is 4.72. The molecule has 1 saturated heterocycles. The van der Waals surface area contributed by atoms with Crippen molar-refractivity contribution in [2.75, 3.05) is 38.3 Å². The van der Waals surface area contributed by atoms with Crippen LogP contribution in [-0.4, -0.2) is 44.6 Å². The maximum Gasteiger partial charge on any atom is 0.0980 e. The molecule has 18 heavy (non-hydrogen) atoms. The molecule has 2 N–H and O–H groups in total. The van der Waals surface area contributed by atoms with E-state index in [2.05, 4.69) is 41.4 Å². The summed E-state index contributed by atoms with van der Waals surface area (Å²) in [6.07, 6.45) is -0.0605. The number of rotatable bonds is 4. The summed E-state index contributed by atoms with van der Waals surface area (Å²) in [5, 5.41) is 12.4. The van der Waals surface area contributed by atoms with Gasteiger partial charge < -0.3 is 20.1 Å². The summed E-state index contributed by atoms with van der Waals surface area (Å²) in [6, 6.07) is 8.96. The molecule has 0 radical (unpaired) electrons. The Morgan fingerprint density at radius 1 is 1.44 bits per heavy atom. The Hall–Kier alpha value is -1.10. The van der Waals surface area contributed by atoms with E-state index in [0.29, 0.717) is 12.6 Å². The standard InChI is InChI=1S/C14H22N2O2/c1-11(15-2)12-3-5-13(6-4-12)16-7-8-18-14(9-16)10-17/h3-6,11,14-15,17H,7-10H2,1-2H3. The number of nitrogens with zero attached hydrogens (tertiary/aromatic N) is 1. The van der Waals surface area contributed by atoms with Crippen molar-refractivity contribution in [3.8, 4) is 0 Å². The monoisotopic (exact) mass is 250 g/mol. The van der Waals surface area contributed by atoms with Gasteiger partial charge in [-0.2, -0.15) is 0 Å². The zero-order valence-electron chi connectivity index (χ0n) is 11.1. The van der Waals surface area contributed by atoms with Crippen molar-refractivity contribution >= 4 is 5.69 Å². The van der Waals surface area contributed by atoms with Crippen molar-refractivity contribution in [3.63, 3.8) is 0 Å². The van der Waals surface area contributed by atoms with Crippen LogP contribution in [0.3, 0.4) is 0 Å². The fourth-order valence-electron chi connectivity index (χ4n) is 2.20. The van der Waals surface area contributed by atoms with E-state index in [9.17, 15) is 0 Å². The maximum absolute atomic E-state index is 9.14. The topological polar surface area (TPSA) is 44.7 Å². The van der Waals surface area contributed by atoms with E-state index in [4.69, 9.17) is 9.84 Å². The van der Waals surface area contributed by atoms with Gasteiger partial charge in [0, 0.05) is 24.8 Å². The SMILES string of the molecule is CNC(C)c1ccc(N2CCOC(CO)C2)cc1. The molecule has 0 aliphatic carbocycles. The largest absolute Gasteiger partial charge is 0.394 e. The van der Waals surface area contributed by atoms with Gasteiger partial charge in [-0.25, -0.2) is 0 Å². The first-order chi connectivity index (χ1) is 8.74. The van der Waals surface area contributed by atoms with E-state index in [1.807, 2.05) is 7.05 Å². The first-order valence-corrected chi connectivity index (χ1v) is 6.49. The molecule has 2 unspecified atom stereocenters. The Kier molecular flexibility index (Phi) is 4.58. The van der Waals surface area contributed by atoms with Crippen molar-refractivity contribution < 1.29 is 9.84 Å². The fraction of sp³-hybridized carbons (Fsp3) is 0.571. The highest BCUT2D eigenvalue weighted by atomic mass is 16.5. The van der Waals surface area contributed by atoms with Gasteiger partial charge in [0.2, 0.25) is 0 Å². The molecule has 100 valence electrons. The van der Waals surface area contributed by atoms with Crippen LogP contribution in [0.15, 0.2) is 24.3 Å². The van der Waals surface area contributed by atoms with Gasteiger partial charge >= 0.3 is 0 Å². The highest BCUT2D eigenvalue weighted by molar-refractivity contribution is 5.48. The van der Waals surface area contributed by atoms with E-state index in [-0.39, 0.29) is 12.7 Å². The zero-order chi connectivity index (χ0) is 13.0. The van der Waals surface area contributed by atoms with Crippen molar-refractivity contribution in [3.05, 3.63) is 29.8 Å². The number of benzene rings is 1. The second-order valence-corrected chi connectivity index (χ2v) is 4.72. The zero-order valence-corrected chi connectivity index (χ0v) is 11.1. The Labute approximate surface area is 109 Å². The third-order valence-corrected chi connectivity index (χ3v) is 3.53. The Bertz CT molecular complexity index is 367. The summed E-state index contributed by atoms with van der Waals surface area (Å²) >= 11 is 0. The minimum absolute atomic E-state index is 0.0605. The number of anilines is 1. The van der Waals surface area contributed by atoms with Crippen LogP contribution in [0.1, 0.15) is 18.5 Å². The minimum atomic E-state index is -0.0605. The van der Waals surface area contributed by atoms with Gasteiger partial charge in [0.25, 0.3) is 0 Å². The summed E-state index contributed by atoms with van der Waals surface area (Å²) in [4.78, 5) is 2.26. The Morgan fingerprint density at radius 2 is 2.17 bits per heavy atom. The molecule has 1 aromatic carbocycles. The van der Waals surface area contributed by atoms with Crippen LogP contribution in [0.5, 0.6) is 0 Å². The Morgan fingerprint density at radius 3 is 2.78 bits per heavy atom. The molecule has 1 aliphatic rings. The van der Waals surface area contributed by atoms with E-state index in [1.54, 1.807) is 0 Å². The highest BCUT2D eigenvalue weighted by Crippen LogP contribution is 2.21. The first kappa shape index (κ1) is 13.3. The first-order valence-electron chi connectivity index (χ1n) is 6.49. The summed E-state index contributed by atoms with van der Waals surface area (Å²) in [7, 11) is 1.96. The number of hydrogen-bond acceptors (Lipinski definition) is 4. The molecule has 1 fully saturated rings. The third-order valence-electron chi connectivity index (χ3n) is 3.53. The Balaban J connectivity index is 2.04. The van der Waals surface area contributed by atoms with Gasteiger partial charge in [-0.1, -0.05) is 12.1 Å². The number of nitrogens with one attached hydrogen (secondary N) is 1. The van der Waals surface area contributed by atoms with Crippen LogP contribution in [0, 0.1) is 0 Å². The molecule has 1 heterocycles. The fourth-order valence-corrected chi connectivity index (χ4v) is 2.20. The van der Waals surface area contributed by atoms with Gasteiger partial charge in [0.15, 0.2) is 0 Å². The molecular formula is C14H22N2O2. The quantitative estimate of drug-likeness (QED) is 0.842. The van der Waals surface area contributed by atoms with Gasteiger partial charge in [0.1, 0.15) is 0 Å². The van der Waals surface area contributed by atoms with Gasteiger partial charge in [-0.3, -0.25) is 0 Å². The van der Waals surface area contributed by atoms with E-state index in [0.717, 1.165) is 13.1 Å². The molecule has 0 spiro atoms. The van der Waals surface area contributed by atoms with Crippen LogP contribution >= 0.6 is 0 Å². The highest BCUT2D eigenvalue weighted by Gasteiger charge is 2.19. The molecular weight excluding hydrogens is 228 g/mol. The lowest BCUT2D eigenvalue weighted by Crippen LogP contribution is -2.44. The smallest absolute Gasteiger partial charge is 0.0980 e. The molecule has 0 amide bonds. The second kappa shape index (κ2) is 6.18. The van der Waals surface area contributed by atoms with Crippen LogP contribution in [0.2, 0.25) is 0 Å². The molecule has 0 aromatic heterocycles. The number of aliphatic hydroxyl groups is 1. The number of hydrogen-bond donors (Lipinski definition) is 2. The molecule has 0 bridgehead atoms. The molecule has 4 heteroatoms. The van der Waals surface area contributed by atoms with Crippen molar-refractivity contribution in [1.82, 2.24) is 5.32 Å². The van der Waals surface area contributed by atoms with Crippen molar-refractivity contribution in [2.24, 2.45) is 0 Å². The van der Waals surface area contributed by atoms with E-state index in [1.165, 1.54) is 11.3 Å². The van der Waals surface area contributed by atoms with Gasteiger partial charge in [-0.05, 0) is 31.7 Å². The number of morpholine rings is 1. The van der Waals surface area contributed by atoms with Gasteiger partial charge in [-0.15, -0.1) is 0 Å². The van der Waals surface area contributed by atoms with Crippen molar-refractivity contribution in [1.29, 1.82) is 0 Å². The molecule has 2 atom stereocenters. The van der Waals surface area contributed by atoms with Crippen molar-refractivity contribution in [2.45, 2.75) is 19.1 Å². The maximum atomic E-state index is 9.14. The lowest BCUT2D eigenvalue weighted by molar-refractivity contribution is 0.00357. The predicted octanol–water partition coefficient (Wildman–Crippen LogP) is 1.16. The van der Waals surface area contributed by atoms with Crippen LogP contribution in [-0.2, 0) is 4.74 Å². The average Bonchev–Trinajstić information content (AvgIpc) is 2.46. The lowest BCUT2D eigenvalue weighted by atomic mass is 10.1. The summed E-state index contributed by atoms with van der Waals surface area (Å²) in [6.45, 7) is 4.56. The van der Waals surface area contributed by atoms with E-state index >= 15 is 0 Å². The number of ether oxygens (including phenoxy) is 1. The molecule has 1 aromatic rings. The number of aliphatic hydroxyl groups excluding tert-OH is 1. The normalized spacial score (nSPS) is 21.9. The summed E-state index contributed by atoms with van der Waals surface area (Å²) < 4.78 is 5.46. The average molecular weight is 250 g/mol. The van der Waals surface area contributed by atoms with Crippen LogP contribution in [0.25, 0.3) is 0 Å². The third kappa shape index (κ3) is 3.02.